The fourth-order valence-corrected chi connectivity index (χ4v) is 3.32. The molecule has 1 saturated heterocycles. The molecule has 1 unspecified atom stereocenters. The second-order valence-electron chi connectivity index (χ2n) is 7.51. The van der Waals surface area contributed by atoms with Crippen molar-refractivity contribution in [2.45, 2.75) is 57.3 Å². The van der Waals surface area contributed by atoms with Crippen molar-refractivity contribution in [1.82, 2.24) is 4.90 Å². The highest BCUT2D eigenvalue weighted by atomic mass is 16.6. The van der Waals surface area contributed by atoms with Crippen molar-refractivity contribution >= 4 is 6.09 Å². The molecule has 23 heavy (non-hydrogen) atoms. The van der Waals surface area contributed by atoms with Gasteiger partial charge in [-0.3, -0.25) is 0 Å². The first-order valence-corrected chi connectivity index (χ1v) is 8.22. The van der Waals surface area contributed by atoms with Gasteiger partial charge in [-0.1, -0.05) is 18.2 Å². The summed E-state index contributed by atoms with van der Waals surface area (Å²) in [6, 6.07) is 7.64. The van der Waals surface area contributed by atoms with Crippen molar-refractivity contribution in [1.29, 1.82) is 0 Å². The first-order valence-electron chi connectivity index (χ1n) is 8.22. The molecule has 5 heteroatoms. The van der Waals surface area contributed by atoms with Crippen LogP contribution >= 0.6 is 0 Å². The Labute approximate surface area is 137 Å². The minimum atomic E-state index is -0.506. The topological polar surface area (TPSA) is 59.0 Å². The van der Waals surface area contributed by atoms with Crippen molar-refractivity contribution in [3.8, 4) is 5.75 Å². The summed E-state index contributed by atoms with van der Waals surface area (Å²) in [6.07, 6.45) is 1.21. The van der Waals surface area contributed by atoms with Crippen molar-refractivity contribution < 1.29 is 19.4 Å². The molecular weight excluding hydrogens is 294 g/mol. The van der Waals surface area contributed by atoms with Crippen LogP contribution in [0.2, 0.25) is 0 Å². The van der Waals surface area contributed by atoms with Crippen LogP contribution in [0.4, 0.5) is 4.79 Å². The summed E-state index contributed by atoms with van der Waals surface area (Å²) in [5.41, 5.74) is -0.0117. The van der Waals surface area contributed by atoms with Gasteiger partial charge in [0.25, 0.3) is 0 Å². The number of piperidine rings is 1. The molecule has 3 rings (SSSR count). The van der Waals surface area contributed by atoms with Gasteiger partial charge in [-0.25, -0.2) is 4.79 Å². The highest BCUT2D eigenvalue weighted by molar-refractivity contribution is 5.68. The summed E-state index contributed by atoms with van der Waals surface area (Å²) in [6.45, 7) is 6.78. The van der Waals surface area contributed by atoms with Gasteiger partial charge in [0.2, 0.25) is 0 Å². The molecule has 0 saturated carbocycles. The fraction of sp³-hybridized carbons (Fsp3) is 0.611. The van der Waals surface area contributed by atoms with Crippen LogP contribution in [0, 0.1) is 0 Å². The first kappa shape index (κ1) is 16.1. The largest absolute Gasteiger partial charge is 0.487 e. The number of hydrogen-bond donors (Lipinski definition) is 1. The molecule has 0 aromatic heterocycles. The molecule has 126 valence electrons. The Morgan fingerprint density at radius 3 is 2.61 bits per heavy atom. The van der Waals surface area contributed by atoms with E-state index in [1.54, 1.807) is 4.90 Å². The van der Waals surface area contributed by atoms with Gasteiger partial charge < -0.3 is 19.5 Å². The maximum atomic E-state index is 12.2. The number of carbonyl (C=O) groups excluding carboxylic acids is 1. The van der Waals surface area contributed by atoms with Crippen LogP contribution in [0.1, 0.15) is 51.7 Å². The Morgan fingerprint density at radius 2 is 1.96 bits per heavy atom. The third-order valence-corrected chi connectivity index (χ3v) is 4.50. The predicted octanol–water partition coefficient (Wildman–Crippen LogP) is 3.27. The summed E-state index contributed by atoms with van der Waals surface area (Å²) >= 11 is 0. The Kier molecular flexibility index (Phi) is 4.00. The van der Waals surface area contributed by atoms with E-state index in [4.69, 9.17) is 9.47 Å². The van der Waals surface area contributed by atoms with Crippen molar-refractivity contribution in [3.63, 3.8) is 0 Å². The van der Waals surface area contributed by atoms with Crippen molar-refractivity contribution in [2.24, 2.45) is 0 Å². The number of likely N-dealkylation sites (tertiary alicyclic amines) is 1. The molecule has 1 fully saturated rings. The van der Waals surface area contributed by atoms with Crippen LogP contribution in [0.25, 0.3) is 0 Å². The van der Waals surface area contributed by atoms with Gasteiger partial charge in [0.1, 0.15) is 17.0 Å². The fourth-order valence-electron chi connectivity index (χ4n) is 3.32. The number of ether oxygens (including phenoxy) is 2. The minimum absolute atomic E-state index is 0.274. The lowest BCUT2D eigenvalue weighted by Crippen LogP contribution is -2.52. The number of benzene rings is 1. The lowest BCUT2D eigenvalue weighted by Gasteiger charge is -2.45. The molecule has 1 spiro atoms. The number of hydrogen-bond acceptors (Lipinski definition) is 4. The molecule has 2 heterocycles. The van der Waals surface area contributed by atoms with Crippen LogP contribution in [-0.2, 0) is 4.74 Å². The minimum Gasteiger partial charge on any atom is -0.487 e. The summed E-state index contributed by atoms with van der Waals surface area (Å²) < 4.78 is 11.6. The molecule has 1 amide bonds. The number of para-hydroxylation sites is 1. The SMILES string of the molecule is CC(C)(C)OC(=O)N1CCC2(CC1)CC(O)c1ccccc1O2. The van der Waals surface area contributed by atoms with E-state index in [1.165, 1.54) is 0 Å². The van der Waals surface area contributed by atoms with Crippen LogP contribution in [0.3, 0.4) is 0 Å². The molecule has 1 aromatic rings. The van der Waals surface area contributed by atoms with Crippen molar-refractivity contribution in [3.05, 3.63) is 29.8 Å². The smallest absolute Gasteiger partial charge is 0.410 e. The Balaban J connectivity index is 1.66. The van der Waals surface area contributed by atoms with E-state index in [-0.39, 0.29) is 11.7 Å². The van der Waals surface area contributed by atoms with Crippen molar-refractivity contribution in [2.75, 3.05) is 13.1 Å². The zero-order valence-electron chi connectivity index (χ0n) is 14.0. The Morgan fingerprint density at radius 1 is 1.30 bits per heavy atom. The van der Waals surface area contributed by atoms with Gasteiger partial charge in [0, 0.05) is 37.9 Å². The first-order chi connectivity index (χ1) is 10.8. The number of rotatable bonds is 0. The van der Waals surface area contributed by atoms with E-state index < -0.39 is 11.7 Å². The number of carbonyl (C=O) groups is 1. The monoisotopic (exact) mass is 319 g/mol. The number of fused-ring (bicyclic) bond motifs is 1. The number of amides is 1. The molecule has 0 radical (unpaired) electrons. The molecule has 2 aliphatic rings. The highest BCUT2D eigenvalue weighted by Crippen LogP contribution is 2.44. The lowest BCUT2D eigenvalue weighted by molar-refractivity contribution is -0.0569. The number of aliphatic hydroxyl groups excluding tert-OH is 1. The third kappa shape index (κ3) is 3.44. The average Bonchev–Trinajstić information content (AvgIpc) is 2.46. The van der Waals surface area contributed by atoms with Gasteiger partial charge in [-0.15, -0.1) is 0 Å². The van der Waals surface area contributed by atoms with E-state index >= 15 is 0 Å². The van der Waals surface area contributed by atoms with E-state index in [1.807, 2.05) is 45.0 Å². The van der Waals surface area contributed by atoms with E-state index in [2.05, 4.69) is 0 Å². The second-order valence-corrected chi connectivity index (χ2v) is 7.51. The average molecular weight is 319 g/mol. The van der Waals surface area contributed by atoms with E-state index in [0.29, 0.717) is 32.4 Å². The number of nitrogens with zero attached hydrogens (tertiary/aromatic N) is 1. The standard InChI is InChI=1S/C18H25NO4/c1-17(2,3)23-16(21)19-10-8-18(9-11-19)12-14(20)13-6-4-5-7-15(13)22-18/h4-7,14,20H,8-12H2,1-3H3. The molecule has 1 atom stereocenters. The second kappa shape index (κ2) is 5.71. The summed E-state index contributed by atoms with van der Waals surface area (Å²) in [4.78, 5) is 13.9. The predicted molar refractivity (Wildman–Crippen MR) is 86.4 cm³/mol. The van der Waals surface area contributed by atoms with Gasteiger partial charge >= 0.3 is 6.09 Å². The van der Waals surface area contributed by atoms with Crippen LogP contribution < -0.4 is 4.74 Å². The van der Waals surface area contributed by atoms with E-state index in [0.717, 1.165) is 11.3 Å². The van der Waals surface area contributed by atoms with Crippen LogP contribution in [0.15, 0.2) is 24.3 Å². The van der Waals surface area contributed by atoms with Crippen LogP contribution in [0.5, 0.6) is 5.75 Å². The number of aliphatic hydroxyl groups is 1. The maximum absolute atomic E-state index is 12.2. The summed E-state index contributed by atoms with van der Waals surface area (Å²) in [5, 5.41) is 10.4. The molecular formula is C18H25NO4. The normalized spacial score (nSPS) is 23.1. The maximum Gasteiger partial charge on any atom is 0.410 e. The summed E-state index contributed by atoms with van der Waals surface area (Å²) in [5.74, 6) is 0.761. The Bertz CT molecular complexity index is 585. The zero-order chi connectivity index (χ0) is 16.7. The molecule has 1 aromatic carbocycles. The van der Waals surface area contributed by atoms with Crippen LogP contribution in [-0.4, -0.2) is 40.4 Å². The quantitative estimate of drug-likeness (QED) is 0.797. The lowest BCUT2D eigenvalue weighted by atomic mass is 9.82. The van der Waals surface area contributed by atoms with Gasteiger partial charge in [-0.2, -0.15) is 0 Å². The molecule has 5 nitrogen and oxygen atoms in total. The van der Waals surface area contributed by atoms with Gasteiger partial charge in [-0.05, 0) is 26.8 Å². The molecule has 2 aliphatic heterocycles. The Hall–Kier alpha value is -1.75. The zero-order valence-corrected chi connectivity index (χ0v) is 14.0. The van der Waals surface area contributed by atoms with E-state index in [9.17, 15) is 9.90 Å². The molecule has 0 aliphatic carbocycles. The highest BCUT2D eigenvalue weighted by Gasteiger charge is 2.44. The third-order valence-electron chi connectivity index (χ3n) is 4.50. The molecule has 0 bridgehead atoms. The summed E-state index contributed by atoms with van der Waals surface area (Å²) in [7, 11) is 0. The van der Waals surface area contributed by atoms with Gasteiger partial charge in [0.05, 0.1) is 6.10 Å². The molecule has 1 N–H and O–H groups in total. The van der Waals surface area contributed by atoms with Gasteiger partial charge in [0.15, 0.2) is 0 Å².